The molecule has 0 bridgehead atoms. The zero-order valence-corrected chi connectivity index (χ0v) is 13.2. The van der Waals surface area contributed by atoms with Gasteiger partial charge in [0.15, 0.2) is 0 Å². The van der Waals surface area contributed by atoms with Crippen molar-refractivity contribution in [1.82, 2.24) is 20.1 Å². The molecule has 1 unspecified atom stereocenters. The van der Waals surface area contributed by atoms with Crippen LogP contribution in [0.1, 0.15) is 48.4 Å². The van der Waals surface area contributed by atoms with Gasteiger partial charge in [-0.05, 0) is 17.5 Å². The lowest BCUT2D eigenvalue weighted by atomic mass is 9.83. The average molecular weight is 297 g/mol. The highest BCUT2D eigenvalue weighted by Crippen LogP contribution is 2.32. The van der Waals surface area contributed by atoms with Crippen molar-refractivity contribution >= 4 is 5.91 Å². The van der Waals surface area contributed by atoms with Gasteiger partial charge < -0.3 is 5.32 Å². The Morgan fingerprint density at radius 3 is 2.55 bits per heavy atom. The maximum absolute atomic E-state index is 12.4. The van der Waals surface area contributed by atoms with E-state index in [0.29, 0.717) is 5.56 Å². The lowest BCUT2D eigenvalue weighted by molar-refractivity contribution is 0.0896. The van der Waals surface area contributed by atoms with Crippen LogP contribution in [-0.4, -0.2) is 20.7 Å². The number of hydrogen-bond acceptors (Lipinski definition) is 4. The second-order valence-corrected chi connectivity index (χ2v) is 6.26. The molecule has 2 aromatic heterocycles. The van der Waals surface area contributed by atoms with Crippen LogP contribution < -0.4 is 5.32 Å². The van der Waals surface area contributed by atoms with Gasteiger partial charge in [0, 0.05) is 25.0 Å². The van der Waals surface area contributed by atoms with Gasteiger partial charge in [-0.2, -0.15) is 10.4 Å². The summed E-state index contributed by atoms with van der Waals surface area (Å²) in [6.07, 6.45) is 5.04. The van der Waals surface area contributed by atoms with Crippen molar-refractivity contribution in [2.75, 3.05) is 0 Å². The van der Waals surface area contributed by atoms with E-state index in [2.05, 4.69) is 36.2 Å². The lowest BCUT2D eigenvalue weighted by Crippen LogP contribution is -2.36. The first-order chi connectivity index (χ1) is 10.3. The zero-order chi connectivity index (χ0) is 16.3. The second-order valence-electron chi connectivity index (χ2n) is 6.26. The fourth-order valence-corrected chi connectivity index (χ4v) is 2.19. The summed E-state index contributed by atoms with van der Waals surface area (Å²) in [5.74, 6) is -0.270. The SMILES string of the molecule is Cn1cc(C(NC(=O)c2ccc(C#N)cn2)C(C)(C)C)cn1. The third-order valence-corrected chi connectivity index (χ3v) is 3.32. The Bertz CT molecular complexity index is 703. The first-order valence-electron chi connectivity index (χ1n) is 6.97. The minimum Gasteiger partial charge on any atom is -0.343 e. The van der Waals surface area contributed by atoms with Crippen LogP contribution >= 0.6 is 0 Å². The smallest absolute Gasteiger partial charge is 0.270 e. The number of carbonyl (C=O) groups excluding carboxylic acids is 1. The van der Waals surface area contributed by atoms with Crippen LogP contribution in [0.4, 0.5) is 0 Å². The van der Waals surface area contributed by atoms with Crippen molar-refractivity contribution in [3.63, 3.8) is 0 Å². The fourth-order valence-electron chi connectivity index (χ4n) is 2.19. The molecule has 0 aromatic carbocycles. The number of aryl methyl sites for hydroxylation is 1. The molecule has 6 heteroatoms. The minimum absolute atomic E-state index is 0.175. The van der Waals surface area contributed by atoms with E-state index in [9.17, 15) is 4.79 Å². The summed E-state index contributed by atoms with van der Waals surface area (Å²) < 4.78 is 1.71. The third-order valence-electron chi connectivity index (χ3n) is 3.32. The van der Waals surface area contributed by atoms with Gasteiger partial charge in [-0.1, -0.05) is 20.8 Å². The number of hydrogen-bond donors (Lipinski definition) is 1. The van der Waals surface area contributed by atoms with Crippen molar-refractivity contribution in [2.45, 2.75) is 26.8 Å². The first kappa shape index (κ1) is 15.7. The van der Waals surface area contributed by atoms with Crippen LogP contribution in [-0.2, 0) is 7.05 Å². The molecular weight excluding hydrogens is 278 g/mol. The molecule has 2 aromatic rings. The standard InChI is InChI=1S/C16H19N5O/c1-16(2,3)14(12-9-19-21(4)10-12)20-15(22)13-6-5-11(7-17)8-18-13/h5-6,8-10,14H,1-4H3,(H,20,22). The lowest BCUT2D eigenvalue weighted by Gasteiger charge is -2.30. The van der Waals surface area contributed by atoms with E-state index in [1.807, 2.05) is 19.3 Å². The highest BCUT2D eigenvalue weighted by Gasteiger charge is 2.29. The highest BCUT2D eigenvalue weighted by molar-refractivity contribution is 5.92. The molecule has 0 aliphatic carbocycles. The van der Waals surface area contributed by atoms with E-state index in [4.69, 9.17) is 5.26 Å². The number of carbonyl (C=O) groups is 1. The van der Waals surface area contributed by atoms with Gasteiger partial charge in [-0.25, -0.2) is 4.98 Å². The zero-order valence-electron chi connectivity index (χ0n) is 13.2. The first-order valence-corrected chi connectivity index (χ1v) is 6.97. The average Bonchev–Trinajstić information content (AvgIpc) is 2.89. The van der Waals surface area contributed by atoms with Crippen LogP contribution in [0.2, 0.25) is 0 Å². The molecule has 0 saturated carbocycles. The summed E-state index contributed by atoms with van der Waals surface area (Å²) >= 11 is 0. The molecule has 0 fully saturated rings. The van der Waals surface area contributed by atoms with E-state index in [1.54, 1.807) is 23.0 Å². The number of nitrogens with one attached hydrogen (secondary N) is 1. The minimum atomic E-state index is -0.270. The van der Waals surface area contributed by atoms with Gasteiger partial charge in [0.25, 0.3) is 5.91 Å². The molecule has 0 aliphatic rings. The van der Waals surface area contributed by atoms with Gasteiger partial charge in [0.2, 0.25) is 0 Å². The Kier molecular flexibility index (Phi) is 4.27. The molecule has 6 nitrogen and oxygen atoms in total. The van der Waals surface area contributed by atoms with Crippen LogP contribution in [0.5, 0.6) is 0 Å². The normalized spacial score (nSPS) is 12.5. The molecule has 2 heterocycles. The van der Waals surface area contributed by atoms with Crippen LogP contribution in [0.15, 0.2) is 30.7 Å². The Balaban J connectivity index is 2.23. The number of nitrogens with zero attached hydrogens (tertiary/aromatic N) is 4. The molecule has 0 saturated heterocycles. The Morgan fingerprint density at radius 2 is 2.09 bits per heavy atom. The molecule has 0 spiro atoms. The molecule has 114 valence electrons. The summed E-state index contributed by atoms with van der Waals surface area (Å²) in [5.41, 5.74) is 1.48. The van der Waals surface area contributed by atoms with Gasteiger partial charge in [-0.15, -0.1) is 0 Å². The molecule has 0 radical (unpaired) electrons. The van der Waals surface area contributed by atoms with Crippen molar-refractivity contribution in [3.05, 3.63) is 47.5 Å². The van der Waals surface area contributed by atoms with Crippen LogP contribution in [0.3, 0.4) is 0 Å². The predicted molar refractivity (Wildman–Crippen MR) is 81.8 cm³/mol. The van der Waals surface area contributed by atoms with Gasteiger partial charge in [0.05, 0.1) is 17.8 Å². The van der Waals surface area contributed by atoms with E-state index < -0.39 is 0 Å². The van der Waals surface area contributed by atoms with Crippen molar-refractivity contribution in [3.8, 4) is 6.07 Å². The fraction of sp³-hybridized carbons (Fsp3) is 0.375. The molecule has 0 aliphatic heterocycles. The number of aromatic nitrogens is 3. The number of pyridine rings is 1. The largest absolute Gasteiger partial charge is 0.343 e. The third kappa shape index (κ3) is 3.50. The highest BCUT2D eigenvalue weighted by atomic mass is 16.1. The second kappa shape index (κ2) is 5.98. The maximum Gasteiger partial charge on any atom is 0.270 e. The van der Waals surface area contributed by atoms with Crippen molar-refractivity contribution in [2.24, 2.45) is 12.5 Å². The predicted octanol–water partition coefficient (Wildman–Crippen LogP) is 2.20. The van der Waals surface area contributed by atoms with E-state index in [-0.39, 0.29) is 23.1 Å². The van der Waals surface area contributed by atoms with Gasteiger partial charge in [0.1, 0.15) is 11.8 Å². The number of rotatable bonds is 3. The topological polar surface area (TPSA) is 83.6 Å². The molecular formula is C16H19N5O. The Labute approximate surface area is 129 Å². The molecule has 1 N–H and O–H groups in total. The van der Waals surface area contributed by atoms with Crippen molar-refractivity contribution < 1.29 is 4.79 Å². The summed E-state index contributed by atoms with van der Waals surface area (Å²) in [6, 6.07) is 4.93. The summed E-state index contributed by atoms with van der Waals surface area (Å²) in [5, 5.41) is 15.9. The van der Waals surface area contributed by atoms with Crippen LogP contribution in [0, 0.1) is 16.7 Å². The van der Waals surface area contributed by atoms with Crippen LogP contribution in [0.25, 0.3) is 0 Å². The molecule has 1 atom stereocenters. The Morgan fingerprint density at radius 1 is 1.36 bits per heavy atom. The monoisotopic (exact) mass is 297 g/mol. The summed E-state index contributed by atoms with van der Waals surface area (Å²) in [6.45, 7) is 6.16. The van der Waals surface area contributed by atoms with Gasteiger partial charge in [-0.3, -0.25) is 9.48 Å². The Hall–Kier alpha value is -2.68. The van der Waals surface area contributed by atoms with Crippen molar-refractivity contribution in [1.29, 1.82) is 5.26 Å². The quantitative estimate of drug-likeness (QED) is 0.941. The molecule has 22 heavy (non-hydrogen) atoms. The molecule has 1 amide bonds. The van der Waals surface area contributed by atoms with E-state index in [0.717, 1.165) is 5.56 Å². The number of amides is 1. The van der Waals surface area contributed by atoms with Gasteiger partial charge >= 0.3 is 0 Å². The molecule has 2 rings (SSSR count). The number of nitriles is 1. The van der Waals surface area contributed by atoms with E-state index >= 15 is 0 Å². The summed E-state index contributed by atoms with van der Waals surface area (Å²) in [7, 11) is 1.84. The van der Waals surface area contributed by atoms with E-state index in [1.165, 1.54) is 6.20 Å². The maximum atomic E-state index is 12.4. The summed E-state index contributed by atoms with van der Waals surface area (Å²) in [4.78, 5) is 16.4.